The summed E-state index contributed by atoms with van der Waals surface area (Å²) >= 11 is 1.68. The molecule has 9 heteroatoms. The van der Waals surface area contributed by atoms with Crippen LogP contribution in [0.5, 0.6) is 0 Å². The van der Waals surface area contributed by atoms with Crippen LogP contribution in [0.15, 0.2) is 30.6 Å². The third kappa shape index (κ3) is 3.47. The number of aromatic nitrogens is 6. The van der Waals surface area contributed by atoms with Crippen molar-refractivity contribution in [3.63, 3.8) is 0 Å². The lowest BCUT2D eigenvalue weighted by atomic mass is 10.0. The Morgan fingerprint density at radius 1 is 1.21 bits per heavy atom. The van der Waals surface area contributed by atoms with Gasteiger partial charge in [-0.05, 0) is 50.7 Å². The first-order valence-electron chi connectivity index (χ1n) is 11.6. The monoisotopic (exact) mass is 473 g/mol. The molecule has 0 aliphatic heterocycles. The zero-order valence-corrected chi connectivity index (χ0v) is 20.3. The predicted octanol–water partition coefficient (Wildman–Crippen LogP) is 4.82. The van der Waals surface area contributed by atoms with Crippen molar-refractivity contribution in [1.29, 1.82) is 0 Å². The molecule has 5 aromatic rings. The van der Waals surface area contributed by atoms with Gasteiger partial charge in [0.2, 0.25) is 0 Å². The fourth-order valence-electron chi connectivity index (χ4n) is 5.16. The quantitative estimate of drug-likeness (QED) is 0.338. The average Bonchev–Trinajstić information content (AvgIpc) is 3.60. The van der Waals surface area contributed by atoms with Crippen molar-refractivity contribution >= 4 is 38.3 Å². The third-order valence-electron chi connectivity index (χ3n) is 6.86. The van der Waals surface area contributed by atoms with Gasteiger partial charge < -0.3 is 15.0 Å². The highest BCUT2D eigenvalue weighted by molar-refractivity contribution is 7.22. The van der Waals surface area contributed by atoms with Crippen molar-refractivity contribution in [2.45, 2.75) is 39.2 Å². The van der Waals surface area contributed by atoms with Gasteiger partial charge >= 0.3 is 0 Å². The molecule has 8 nitrogen and oxygen atoms in total. The molecule has 0 unspecified atom stereocenters. The lowest BCUT2D eigenvalue weighted by Gasteiger charge is -2.15. The molecule has 0 amide bonds. The van der Waals surface area contributed by atoms with Crippen LogP contribution in [0.2, 0.25) is 0 Å². The minimum absolute atomic E-state index is 0.242. The van der Waals surface area contributed by atoms with Gasteiger partial charge in [-0.3, -0.25) is 5.10 Å². The summed E-state index contributed by atoms with van der Waals surface area (Å²) < 4.78 is 1.98. The number of H-pyrrole nitrogens is 1. The lowest BCUT2D eigenvalue weighted by Crippen LogP contribution is -2.18. The number of benzene rings is 1. The Kier molecular flexibility index (Phi) is 5.11. The molecule has 6 rings (SSSR count). The Labute approximate surface area is 201 Å². The number of aliphatic hydroxyl groups is 1. The molecule has 0 radical (unpaired) electrons. The second-order valence-electron chi connectivity index (χ2n) is 9.29. The van der Waals surface area contributed by atoms with E-state index in [0.29, 0.717) is 11.7 Å². The van der Waals surface area contributed by atoms with E-state index < -0.39 is 0 Å². The number of thiophene rings is 1. The molecule has 0 spiro atoms. The maximum Gasteiger partial charge on any atom is 0.199 e. The van der Waals surface area contributed by atoms with Crippen molar-refractivity contribution in [3.05, 3.63) is 41.9 Å². The fourth-order valence-corrected chi connectivity index (χ4v) is 6.38. The number of hydrogen-bond acceptors (Lipinski definition) is 7. The summed E-state index contributed by atoms with van der Waals surface area (Å²) in [4.78, 5) is 16.8. The first-order chi connectivity index (χ1) is 16.5. The number of hydrogen-bond donors (Lipinski definition) is 3. The molecular formula is C25H27N7OS. The fraction of sp³-hybridized carbons (Fsp3) is 0.360. The van der Waals surface area contributed by atoms with E-state index in [-0.39, 0.29) is 12.6 Å². The summed E-state index contributed by atoms with van der Waals surface area (Å²) in [5.41, 5.74) is 4.26. The van der Waals surface area contributed by atoms with E-state index >= 15 is 0 Å². The van der Waals surface area contributed by atoms with Gasteiger partial charge in [-0.2, -0.15) is 5.10 Å². The number of fused-ring (bicyclic) bond motifs is 2. The summed E-state index contributed by atoms with van der Waals surface area (Å²) in [5.74, 6) is 2.58. The van der Waals surface area contributed by atoms with Crippen LogP contribution in [0.3, 0.4) is 0 Å². The highest BCUT2D eigenvalue weighted by Crippen LogP contribution is 2.43. The molecule has 2 atom stereocenters. The Bertz CT molecular complexity index is 1510. The molecule has 0 saturated heterocycles. The van der Waals surface area contributed by atoms with Gasteiger partial charge in [0.15, 0.2) is 11.6 Å². The summed E-state index contributed by atoms with van der Waals surface area (Å²) in [6.07, 6.45) is 6.88. The molecule has 1 fully saturated rings. The number of rotatable bonds is 5. The van der Waals surface area contributed by atoms with Gasteiger partial charge in [0, 0.05) is 41.7 Å². The molecule has 174 valence electrons. The van der Waals surface area contributed by atoms with E-state index in [9.17, 15) is 5.11 Å². The van der Waals surface area contributed by atoms with Crippen molar-refractivity contribution in [1.82, 2.24) is 29.7 Å². The van der Waals surface area contributed by atoms with Crippen LogP contribution in [-0.2, 0) is 7.05 Å². The number of aliphatic hydroxyl groups excluding tert-OH is 1. The number of nitrogens with zero attached hydrogens (tertiary/aromatic N) is 5. The van der Waals surface area contributed by atoms with Crippen LogP contribution in [0.4, 0.5) is 5.82 Å². The van der Waals surface area contributed by atoms with Crippen molar-refractivity contribution in [2.75, 3.05) is 11.9 Å². The standard InChI is InChI=1S/C25H27N7OS/c1-13-11-32(3)24(27-13)23-29-22(28-16-8-7-15(9-16)12-33)20-14(2)21(34-25(20)30-23)17-5-4-6-19-18(17)10-26-31-19/h4-6,10-11,15-16,33H,7-9,12H2,1-3H3,(H,26,31)(H,28,29,30)/t15-,16+/m0/s1. The summed E-state index contributed by atoms with van der Waals surface area (Å²) in [6.45, 7) is 4.37. The number of imidazole rings is 1. The van der Waals surface area contributed by atoms with Gasteiger partial charge in [0.05, 0.1) is 22.8 Å². The van der Waals surface area contributed by atoms with Crippen LogP contribution in [-0.4, -0.2) is 47.5 Å². The Hall–Kier alpha value is -3.30. The second-order valence-corrected chi connectivity index (χ2v) is 10.3. The van der Waals surface area contributed by atoms with Crippen LogP contribution >= 0.6 is 11.3 Å². The van der Waals surface area contributed by atoms with Crippen LogP contribution in [0.25, 0.3) is 43.2 Å². The van der Waals surface area contributed by atoms with Gasteiger partial charge in [-0.25, -0.2) is 15.0 Å². The van der Waals surface area contributed by atoms with E-state index in [1.807, 2.05) is 37.0 Å². The SMILES string of the molecule is Cc1cn(C)c(-c2nc(N[C@@H]3CC[C@H](CO)C3)c3c(C)c(-c4cccc5[nH]ncc45)sc3n2)n1. The van der Waals surface area contributed by atoms with E-state index in [2.05, 4.69) is 39.6 Å². The van der Waals surface area contributed by atoms with Gasteiger partial charge in [-0.1, -0.05) is 12.1 Å². The number of anilines is 1. The van der Waals surface area contributed by atoms with Gasteiger partial charge in [-0.15, -0.1) is 11.3 Å². The zero-order valence-electron chi connectivity index (χ0n) is 19.5. The summed E-state index contributed by atoms with van der Waals surface area (Å²) in [7, 11) is 1.98. The molecule has 3 N–H and O–H groups in total. The molecule has 1 saturated carbocycles. The first-order valence-corrected chi connectivity index (χ1v) is 12.4. The Morgan fingerprint density at radius 2 is 2.09 bits per heavy atom. The predicted molar refractivity (Wildman–Crippen MR) is 136 cm³/mol. The number of aromatic amines is 1. The number of aryl methyl sites for hydroxylation is 3. The minimum atomic E-state index is 0.242. The lowest BCUT2D eigenvalue weighted by molar-refractivity contribution is 0.229. The Morgan fingerprint density at radius 3 is 2.85 bits per heavy atom. The van der Waals surface area contributed by atoms with E-state index in [1.165, 1.54) is 4.88 Å². The summed E-state index contributed by atoms with van der Waals surface area (Å²) in [6, 6.07) is 6.52. The largest absolute Gasteiger partial charge is 0.396 e. The minimum Gasteiger partial charge on any atom is -0.396 e. The van der Waals surface area contributed by atoms with Gasteiger partial charge in [0.1, 0.15) is 10.6 Å². The molecular weight excluding hydrogens is 446 g/mol. The number of nitrogens with one attached hydrogen (secondary N) is 2. The third-order valence-corrected chi connectivity index (χ3v) is 8.08. The molecule has 4 heterocycles. The van der Waals surface area contributed by atoms with Crippen LogP contribution in [0, 0.1) is 19.8 Å². The van der Waals surface area contributed by atoms with E-state index in [0.717, 1.165) is 68.8 Å². The van der Waals surface area contributed by atoms with Crippen molar-refractivity contribution in [3.8, 4) is 22.1 Å². The maximum atomic E-state index is 9.62. The molecule has 1 aliphatic rings. The van der Waals surface area contributed by atoms with E-state index in [4.69, 9.17) is 9.97 Å². The van der Waals surface area contributed by atoms with Crippen LogP contribution < -0.4 is 5.32 Å². The van der Waals surface area contributed by atoms with Crippen molar-refractivity contribution < 1.29 is 5.11 Å². The normalized spacial score (nSPS) is 18.4. The zero-order chi connectivity index (χ0) is 23.4. The molecule has 1 aliphatic carbocycles. The topological polar surface area (TPSA) is 105 Å². The van der Waals surface area contributed by atoms with Crippen LogP contribution in [0.1, 0.15) is 30.5 Å². The average molecular weight is 474 g/mol. The molecule has 1 aromatic carbocycles. The second kappa shape index (κ2) is 8.18. The molecule has 4 aromatic heterocycles. The first kappa shape index (κ1) is 21.2. The highest BCUT2D eigenvalue weighted by Gasteiger charge is 2.27. The highest BCUT2D eigenvalue weighted by atomic mass is 32.1. The Balaban J connectivity index is 1.54. The molecule has 34 heavy (non-hydrogen) atoms. The van der Waals surface area contributed by atoms with Gasteiger partial charge in [0.25, 0.3) is 0 Å². The van der Waals surface area contributed by atoms with Crippen molar-refractivity contribution in [2.24, 2.45) is 13.0 Å². The van der Waals surface area contributed by atoms with E-state index in [1.54, 1.807) is 11.3 Å². The maximum absolute atomic E-state index is 9.62. The molecule has 0 bridgehead atoms. The smallest absolute Gasteiger partial charge is 0.199 e. The summed E-state index contributed by atoms with van der Waals surface area (Å²) in [5, 5.41) is 22.8.